The average Bonchev–Trinajstić information content (AvgIpc) is 3.17. The number of fused-ring (bicyclic) bond motifs is 1. The zero-order chi connectivity index (χ0) is 27.0. The molecule has 0 aliphatic carbocycles. The lowest BCUT2D eigenvalue weighted by Gasteiger charge is -2.28. The molecule has 2 heterocycles. The van der Waals surface area contributed by atoms with Crippen LogP contribution in [0, 0.1) is 0 Å². The number of hydrogen-bond donors (Lipinski definition) is 2. The van der Waals surface area contributed by atoms with E-state index in [1.165, 1.54) is 24.1 Å². The second kappa shape index (κ2) is 9.93. The summed E-state index contributed by atoms with van der Waals surface area (Å²) in [5, 5.41) is 20.7. The minimum absolute atomic E-state index is 0.0186. The van der Waals surface area contributed by atoms with Crippen molar-refractivity contribution < 1.29 is 34.1 Å². The zero-order valence-electron chi connectivity index (χ0n) is 20.9. The molecule has 2 aliphatic heterocycles. The maximum atomic E-state index is 13.4. The molecule has 194 valence electrons. The van der Waals surface area contributed by atoms with E-state index in [1.54, 1.807) is 54.6 Å². The summed E-state index contributed by atoms with van der Waals surface area (Å²) < 4.78 is 11.2. The number of methoxy groups -OCH3 is 1. The van der Waals surface area contributed by atoms with E-state index in [4.69, 9.17) is 9.47 Å². The molecule has 5 rings (SSSR count). The second-order valence-corrected chi connectivity index (χ2v) is 9.12. The van der Waals surface area contributed by atoms with Crippen LogP contribution in [0.15, 0.2) is 72.3 Å². The van der Waals surface area contributed by atoms with E-state index in [1.807, 2.05) is 11.9 Å². The Bertz CT molecular complexity index is 1460. The van der Waals surface area contributed by atoms with Gasteiger partial charge in [-0.05, 0) is 42.0 Å². The third-order valence-electron chi connectivity index (χ3n) is 6.86. The molecule has 2 N–H and O–H groups in total. The number of aliphatic hydroxyl groups excluding tert-OH is 1. The topological polar surface area (TPSA) is 117 Å². The van der Waals surface area contributed by atoms with E-state index < -0.39 is 23.7 Å². The molecule has 1 unspecified atom stereocenters. The largest absolute Gasteiger partial charge is 0.507 e. The third kappa shape index (κ3) is 4.32. The fourth-order valence-electron chi connectivity index (χ4n) is 4.86. The number of para-hydroxylation sites is 1. The average molecular weight is 515 g/mol. The lowest BCUT2D eigenvalue weighted by molar-refractivity contribution is -0.140. The predicted octanol–water partition coefficient (Wildman–Crippen LogP) is 3.84. The summed E-state index contributed by atoms with van der Waals surface area (Å²) in [6.45, 7) is 1.23. The number of carbonyl (C=O) groups excluding carboxylic acids is 2. The van der Waals surface area contributed by atoms with Gasteiger partial charge < -0.3 is 29.5 Å². The number of rotatable bonds is 6. The number of anilines is 1. The Morgan fingerprint density at radius 1 is 1.03 bits per heavy atom. The molecule has 0 aromatic heterocycles. The summed E-state index contributed by atoms with van der Waals surface area (Å²) in [6.07, 6.45) is 0. The minimum atomic E-state index is -1.06. The molecule has 1 fully saturated rings. The Morgan fingerprint density at radius 3 is 2.45 bits per heavy atom. The van der Waals surface area contributed by atoms with Crippen molar-refractivity contribution in [2.75, 3.05) is 32.2 Å². The SMILES string of the molecule is COc1ccccc1C1/C(=C(\O)c2ccc3c(c2)N(C)CCO3)C(=O)C(=O)N1Cc1ccc(C(=O)O)cc1. The summed E-state index contributed by atoms with van der Waals surface area (Å²) in [5.74, 6) is -1.83. The van der Waals surface area contributed by atoms with Crippen LogP contribution in [-0.4, -0.2) is 60.1 Å². The molecule has 3 aromatic rings. The van der Waals surface area contributed by atoms with Gasteiger partial charge in [-0.2, -0.15) is 0 Å². The Morgan fingerprint density at radius 2 is 1.74 bits per heavy atom. The van der Waals surface area contributed by atoms with E-state index in [0.29, 0.717) is 41.3 Å². The van der Waals surface area contributed by atoms with Crippen molar-refractivity contribution in [3.63, 3.8) is 0 Å². The number of ketones is 1. The molecule has 2 aliphatic rings. The molecular weight excluding hydrogens is 488 g/mol. The highest BCUT2D eigenvalue weighted by atomic mass is 16.5. The molecule has 1 atom stereocenters. The van der Waals surface area contributed by atoms with Gasteiger partial charge in [-0.3, -0.25) is 9.59 Å². The van der Waals surface area contributed by atoms with E-state index in [0.717, 1.165) is 5.69 Å². The number of carboxylic acid groups (broad SMARTS) is 1. The Labute approximate surface area is 219 Å². The van der Waals surface area contributed by atoms with Gasteiger partial charge in [0.1, 0.15) is 23.9 Å². The van der Waals surface area contributed by atoms with Crippen molar-refractivity contribution in [2.45, 2.75) is 12.6 Å². The Balaban J connectivity index is 1.63. The van der Waals surface area contributed by atoms with Crippen molar-refractivity contribution >= 4 is 29.1 Å². The summed E-state index contributed by atoms with van der Waals surface area (Å²) in [4.78, 5) is 41.4. The Kier molecular flexibility index (Phi) is 6.50. The number of carbonyl (C=O) groups is 3. The van der Waals surface area contributed by atoms with Crippen LogP contribution < -0.4 is 14.4 Å². The molecule has 0 spiro atoms. The monoisotopic (exact) mass is 514 g/mol. The summed E-state index contributed by atoms with van der Waals surface area (Å²) in [5.41, 5.74) is 2.37. The number of benzene rings is 3. The maximum absolute atomic E-state index is 13.4. The summed E-state index contributed by atoms with van der Waals surface area (Å²) >= 11 is 0. The number of amides is 1. The van der Waals surface area contributed by atoms with Gasteiger partial charge in [0, 0.05) is 24.7 Å². The van der Waals surface area contributed by atoms with Crippen LogP contribution in [0.3, 0.4) is 0 Å². The van der Waals surface area contributed by atoms with Crippen LogP contribution >= 0.6 is 0 Å². The number of aliphatic hydroxyl groups is 1. The first-order valence-electron chi connectivity index (χ1n) is 12.0. The highest BCUT2D eigenvalue weighted by molar-refractivity contribution is 6.46. The molecule has 9 heteroatoms. The van der Waals surface area contributed by atoms with Crippen molar-refractivity contribution in [1.82, 2.24) is 4.90 Å². The highest BCUT2D eigenvalue weighted by Gasteiger charge is 2.47. The highest BCUT2D eigenvalue weighted by Crippen LogP contribution is 2.44. The lowest BCUT2D eigenvalue weighted by atomic mass is 9.94. The smallest absolute Gasteiger partial charge is 0.335 e. The van der Waals surface area contributed by atoms with Crippen molar-refractivity contribution in [3.05, 3.63) is 94.6 Å². The fourth-order valence-corrected chi connectivity index (χ4v) is 4.86. The Hall–Kier alpha value is -4.79. The first kappa shape index (κ1) is 24.9. The van der Waals surface area contributed by atoms with E-state index in [-0.39, 0.29) is 23.4 Å². The van der Waals surface area contributed by atoms with Crippen LogP contribution in [0.5, 0.6) is 11.5 Å². The minimum Gasteiger partial charge on any atom is -0.507 e. The van der Waals surface area contributed by atoms with Crippen molar-refractivity contribution in [3.8, 4) is 11.5 Å². The predicted molar refractivity (Wildman–Crippen MR) is 139 cm³/mol. The van der Waals surface area contributed by atoms with Crippen LogP contribution in [0.25, 0.3) is 5.76 Å². The number of ether oxygens (including phenoxy) is 2. The van der Waals surface area contributed by atoms with Gasteiger partial charge in [-0.15, -0.1) is 0 Å². The number of nitrogens with zero attached hydrogens (tertiary/aromatic N) is 2. The summed E-state index contributed by atoms with van der Waals surface area (Å²) in [7, 11) is 3.41. The fraction of sp³-hybridized carbons (Fsp3) is 0.207. The second-order valence-electron chi connectivity index (χ2n) is 9.12. The molecule has 0 saturated carbocycles. The van der Waals surface area contributed by atoms with Crippen LogP contribution in [0.4, 0.5) is 5.69 Å². The van der Waals surface area contributed by atoms with Crippen molar-refractivity contribution in [2.24, 2.45) is 0 Å². The van der Waals surface area contributed by atoms with E-state index in [9.17, 15) is 24.6 Å². The number of aromatic carboxylic acids is 1. The molecule has 9 nitrogen and oxygen atoms in total. The van der Waals surface area contributed by atoms with Gasteiger partial charge in [0.15, 0.2) is 0 Å². The third-order valence-corrected chi connectivity index (χ3v) is 6.86. The van der Waals surface area contributed by atoms with Gasteiger partial charge in [0.2, 0.25) is 0 Å². The van der Waals surface area contributed by atoms with Gasteiger partial charge in [0.05, 0.1) is 36.5 Å². The molecule has 0 bridgehead atoms. The first-order chi connectivity index (χ1) is 18.3. The number of Topliss-reactive ketones (excluding diaryl/α,β-unsaturated/α-hetero) is 1. The van der Waals surface area contributed by atoms with E-state index in [2.05, 4.69) is 0 Å². The summed E-state index contributed by atoms with van der Waals surface area (Å²) in [6, 6.07) is 17.3. The molecule has 0 radical (unpaired) electrons. The lowest BCUT2D eigenvalue weighted by Crippen LogP contribution is -2.29. The van der Waals surface area contributed by atoms with E-state index >= 15 is 0 Å². The van der Waals surface area contributed by atoms with Gasteiger partial charge >= 0.3 is 5.97 Å². The molecule has 38 heavy (non-hydrogen) atoms. The number of likely N-dealkylation sites (N-methyl/N-ethyl adjacent to an activating group) is 1. The molecule has 1 amide bonds. The quantitative estimate of drug-likeness (QED) is 0.290. The number of likely N-dealkylation sites (tertiary alicyclic amines) is 1. The van der Waals surface area contributed by atoms with Crippen LogP contribution in [-0.2, 0) is 16.1 Å². The van der Waals surface area contributed by atoms with Gasteiger partial charge in [-0.1, -0.05) is 30.3 Å². The number of hydrogen-bond acceptors (Lipinski definition) is 7. The number of carboxylic acids is 1. The molecular formula is C29H26N2O7. The molecule has 3 aromatic carbocycles. The first-order valence-corrected chi connectivity index (χ1v) is 12.0. The van der Waals surface area contributed by atoms with Gasteiger partial charge in [-0.25, -0.2) is 4.79 Å². The zero-order valence-corrected chi connectivity index (χ0v) is 20.9. The normalized spacial score (nSPS) is 18.2. The van der Waals surface area contributed by atoms with Crippen LogP contribution in [0.2, 0.25) is 0 Å². The molecule has 1 saturated heterocycles. The van der Waals surface area contributed by atoms with Gasteiger partial charge in [0.25, 0.3) is 11.7 Å². The van der Waals surface area contributed by atoms with Crippen molar-refractivity contribution in [1.29, 1.82) is 0 Å². The van der Waals surface area contributed by atoms with Crippen LogP contribution in [0.1, 0.15) is 33.1 Å². The maximum Gasteiger partial charge on any atom is 0.335 e. The standard InChI is InChI=1S/C29H26N2O7/c1-30-13-14-38-23-12-11-19(15-21(23)30)26(32)24-25(20-5-3-4-6-22(20)37-2)31(28(34)27(24)33)16-17-7-9-18(10-8-17)29(35)36/h3-12,15,25,32H,13-14,16H2,1-2H3,(H,35,36)/b26-24+.